The number of rotatable bonds is 4. The highest BCUT2D eigenvalue weighted by atomic mass is 35.5. The van der Waals surface area contributed by atoms with Gasteiger partial charge in [-0.3, -0.25) is 4.79 Å². The SMILES string of the molecule is O=C(N1CCC(CO)CC1)C1(Cc2cccc(Cl)c2)CCCC1. The lowest BCUT2D eigenvalue weighted by atomic mass is 9.78. The zero-order chi connectivity index (χ0) is 16.3. The topological polar surface area (TPSA) is 40.5 Å². The number of aliphatic hydroxyl groups excluding tert-OH is 1. The van der Waals surface area contributed by atoms with Crippen molar-refractivity contribution < 1.29 is 9.90 Å². The van der Waals surface area contributed by atoms with Crippen molar-refractivity contribution in [1.29, 1.82) is 0 Å². The van der Waals surface area contributed by atoms with Crippen LogP contribution in [-0.2, 0) is 11.2 Å². The standard InChI is InChI=1S/C19H26ClNO2/c20-17-5-3-4-16(12-17)13-19(8-1-2-9-19)18(23)21-10-6-15(14-22)7-11-21/h3-5,12,15,22H,1-2,6-11,13-14H2. The van der Waals surface area contributed by atoms with Gasteiger partial charge in [-0.15, -0.1) is 0 Å². The van der Waals surface area contributed by atoms with Crippen LogP contribution >= 0.6 is 11.6 Å². The van der Waals surface area contributed by atoms with Crippen LogP contribution in [0.5, 0.6) is 0 Å². The van der Waals surface area contributed by atoms with E-state index in [-0.39, 0.29) is 12.0 Å². The maximum absolute atomic E-state index is 13.2. The zero-order valence-electron chi connectivity index (χ0n) is 13.6. The number of carbonyl (C=O) groups is 1. The number of likely N-dealkylation sites (tertiary alicyclic amines) is 1. The summed E-state index contributed by atoms with van der Waals surface area (Å²) in [7, 11) is 0. The van der Waals surface area contributed by atoms with Crippen molar-refractivity contribution in [3.05, 3.63) is 34.9 Å². The van der Waals surface area contributed by atoms with Crippen molar-refractivity contribution in [3.63, 3.8) is 0 Å². The van der Waals surface area contributed by atoms with Crippen molar-refractivity contribution in [2.45, 2.75) is 44.9 Å². The molecule has 2 aliphatic rings. The maximum atomic E-state index is 13.2. The second kappa shape index (κ2) is 7.23. The molecule has 4 heteroatoms. The number of carbonyl (C=O) groups excluding carboxylic acids is 1. The third-order valence-electron chi connectivity index (χ3n) is 5.61. The summed E-state index contributed by atoms with van der Waals surface area (Å²) < 4.78 is 0. The monoisotopic (exact) mass is 335 g/mol. The molecule has 23 heavy (non-hydrogen) atoms. The number of benzene rings is 1. The van der Waals surface area contributed by atoms with Gasteiger partial charge in [-0.05, 0) is 55.7 Å². The van der Waals surface area contributed by atoms with Gasteiger partial charge in [0.1, 0.15) is 0 Å². The summed E-state index contributed by atoms with van der Waals surface area (Å²) in [6, 6.07) is 7.93. The lowest BCUT2D eigenvalue weighted by Crippen LogP contribution is -2.47. The summed E-state index contributed by atoms with van der Waals surface area (Å²) in [5.41, 5.74) is 0.925. The Hall–Kier alpha value is -1.06. The quantitative estimate of drug-likeness (QED) is 0.912. The van der Waals surface area contributed by atoms with Crippen molar-refractivity contribution in [2.24, 2.45) is 11.3 Å². The Morgan fingerprint density at radius 3 is 2.57 bits per heavy atom. The molecule has 0 unspecified atom stereocenters. The van der Waals surface area contributed by atoms with E-state index in [1.807, 2.05) is 23.1 Å². The molecule has 0 bridgehead atoms. The first-order valence-corrected chi connectivity index (χ1v) is 9.15. The highest BCUT2D eigenvalue weighted by Gasteiger charge is 2.44. The van der Waals surface area contributed by atoms with E-state index in [1.54, 1.807) is 0 Å². The molecule has 1 heterocycles. The van der Waals surface area contributed by atoms with E-state index in [4.69, 9.17) is 11.6 Å². The van der Waals surface area contributed by atoms with Gasteiger partial charge in [0, 0.05) is 24.7 Å². The third kappa shape index (κ3) is 3.72. The Morgan fingerprint density at radius 2 is 1.96 bits per heavy atom. The molecular weight excluding hydrogens is 310 g/mol. The van der Waals surface area contributed by atoms with Gasteiger partial charge in [0.05, 0.1) is 5.41 Å². The molecular formula is C19H26ClNO2. The van der Waals surface area contributed by atoms with Crippen molar-refractivity contribution >= 4 is 17.5 Å². The van der Waals surface area contributed by atoms with Crippen LogP contribution in [0.15, 0.2) is 24.3 Å². The molecule has 1 amide bonds. The summed E-state index contributed by atoms with van der Waals surface area (Å²) in [6.07, 6.45) is 6.90. The summed E-state index contributed by atoms with van der Waals surface area (Å²) in [4.78, 5) is 15.3. The third-order valence-corrected chi connectivity index (χ3v) is 5.84. The van der Waals surface area contributed by atoms with E-state index in [1.165, 1.54) is 0 Å². The number of halogens is 1. The molecule has 1 saturated carbocycles. The van der Waals surface area contributed by atoms with Crippen LogP contribution in [0.2, 0.25) is 5.02 Å². The van der Waals surface area contributed by atoms with Crippen LogP contribution in [0.4, 0.5) is 0 Å². The molecule has 3 rings (SSSR count). The molecule has 0 radical (unpaired) electrons. The molecule has 1 aliphatic carbocycles. The molecule has 2 fully saturated rings. The van der Waals surface area contributed by atoms with Crippen LogP contribution in [0.1, 0.15) is 44.1 Å². The van der Waals surface area contributed by atoms with Gasteiger partial charge in [-0.1, -0.05) is 36.6 Å². The van der Waals surface area contributed by atoms with Crippen LogP contribution in [0.25, 0.3) is 0 Å². The zero-order valence-corrected chi connectivity index (χ0v) is 14.4. The molecule has 126 valence electrons. The molecule has 1 aliphatic heterocycles. The molecule has 3 nitrogen and oxygen atoms in total. The first-order valence-electron chi connectivity index (χ1n) is 8.78. The van der Waals surface area contributed by atoms with E-state index in [9.17, 15) is 9.90 Å². The molecule has 1 N–H and O–H groups in total. The van der Waals surface area contributed by atoms with E-state index in [0.29, 0.717) is 11.8 Å². The average Bonchev–Trinajstić information content (AvgIpc) is 3.04. The molecule has 0 aromatic heterocycles. The predicted octanol–water partition coefficient (Wildman–Crippen LogP) is 3.67. The second-order valence-electron chi connectivity index (χ2n) is 7.21. The minimum Gasteiger partial charge on any atom is -0.396 e. The Morgan fingerprint density at radius 1 is 1.26 bits per heavy atom. The summed E-state index contributed by atoms with van der Waals surface area (Å²) in [5, 5.41) is 10.0. The van der Waals surface area contributed by atoms with Gasteiger partial charge in [0.15, 0.2) is 0 Å². The maximum Gasteiger partial charge on any atom is 0.229 e. The van der Waals surface area contributed by atoms with Gasteiger partial charge in [0.2, 0.25) is 5.91 Å². The number of nitrogens with zero attached hydrogens (tertiary/aromatic N) is 1. The normalized spacial score (nSPS) is 21.6. The average molecular weight is 336 g/mol. The summed E-state index contributed by atoms with van der Waals surface area (Å²) in [5.74, 6) is 0.692. The van der Waals surface area contributed by atoms with E-state index in [2.05, 4.69) is 6.07 Å². The fourth-order valence-electron chi connectivity index (χ4n) is 4.21. The van der Waals surface area contributed by atoms with Crippen molar-refractivity contribution in [1.82, 2.24) is 4.90 Å². The number of piperidine rings is 1. The minimum absolute atomic E-state index is 0.239. The van der Waals surface area contributed by atoms with Gasteiger partial charge in [0.25, 0.3) is 0 Å². The van der Waals surface area contributed by atoms with Crippen LogP contribution in [0, 0.1) is 11.3 Å². The van der Waals surface area contributed by atoms with E-state index < -0.39 is 0 Å². The molecule has 1 aromatic rings. The fourth-order valence-corrected chi connectivity index (χ4v) is 4.42. The number of amides is 1. The first kappa shape index (κ1) is 16.8. The lowest BCUT2D eigenvalue weighted by molar-refractivity contribution is -0.143. The van der Waals surface area contributed by atoms with Crippen molar-refractivity contribution in [2.75, 3.05) is 19.7 Å². The van der Waals surface area contributed by atoms with Crippen LogP contribution in [-0.4, -0.2) is 35.6 Å². The second-order valence-corrected chi connectivity index (χ2v) is 7.65. The summed E-state index contributed by atoms with van der Waals surface area (Å²) >= 11 is 6.12. The molecule has 1 saturated heterocycles. The highest BCUT2D eigenvalue weighted by Crippen LogP contribution is 2.43. The van der Waals surface area contributed by atoms with Gasteiger partial charge >= 0.3 is 0 Å². The molecule has 0 spiro atoms. The molecule has 0 atom stereocenters. The van der Waals surface area contributed by atoms with E-state index >= 15 is 0 Å². The summed E-state index contributed by atoms with van der Waals surface area (Å²) in [6.45, 7) is 1.83. The fraction of sp³-hybridized carbons (Fsp3) is 0.632. The largest absolute Gasteiger partial charge is 0.396 e. The Kier molecular flexibility index (Phi) is 5.27. The molecule has 1 aromatic carbocycles. The van der Waals surface area contributed by atoms with Gasteiger partial charge < -0.3 is 10.0 Å². The minimum atomic E-state index is -0.239. The van der Waals surface area contributed by atoms with E-state index in [0.717, 1.165) is 68.6 Å². The number of hydrogen-bond donors (Lipinski definition) is 1. The van der Waals surface area contributed by atoms with Crippen molar-refractivity contribution in [3.8, 4) is 0 Å². The number of aliphatic hydroxyl groups is 1. The highest BCUT2D eigenvalue weighted by molar-refractivity contribution is 6.30. The van der Waals surface area contributed by atoms with Crippen LogP contribution in [0.3, 0.4) is 0 Å². The number of hydrogen-bond acceptors (Lipinski definition) is 2. The Bertz CT molecular complexity index is 546. The lowest BCUT2D eigenvalue weighted by Gasteiger charge is -2.38. The van der Waals surface area contributed by atoms with Crippen LogP contribution < -0.4 is 0 Å². The Balaban J connectivity index is 1.74. The predicted molar refractivity (Wildman–Crippen MR) is 92.4 cm³/mol. The first-order chi connectivity index (χ1) is 11.1. The van der Waals surface area contributed by atoms with Gasteiger partial charge in [-0.2, -0.15) is 0 Å². The smallest absolute Gasteiger partial charge is 0.229 e. The van der Waals surface area contributed by atoms with Gasteiger partial charge in [-0.25, -0.2) is 0 Å². The Labute approximate surface area is 143 Å².